The molecular formula is C35H30O10. The zero-order valence-corrected chi connectivity index (χ0v) is 24.2. The Morgan fingerprint density at radius 3 is 1.27 bits per heavy atom. The lowest BCUT2D eigenvalue weighted by molar-refractivity contribution is -0.291. The third-order valence-electron chi connectivity index (χ3n) is 6.97. The van der Waals surface area contributed by atoms with Gasteiger partial charge in [0.2, 0.25) is 0 Å². The zero-order valence-electron chi connectivity index (χ0n) is 24.2. The third kappa shape index (κ3) is 7.80. The van der Waals surface area contributed by atoms with Crippen molar-refractivity contribution in [3.8, 4) is 0 Å². The van der Waals surface area contributed by atoms with Gasteiger partial charge in [-0.25, -0.2) is 19.2 Å². The molecule has 230 valence electrons. The van der Waals surface area contributed by atoms with Crippen molar-refractivity contribution in [3.05, 3.63) is 144 Å². The van der Waals surface area contributed by atoms with E-state index in [-0.39, 0.29) is 22.3 Å². The van der Waals surface area contributed by atoms with Crippen molar-refractivity contribution in [3.63, 3.8) is 0 Å². The van der Waals surface area contributed by atoms with Crippen LogP contribution < -0.4 is 0 Å². The molecule has 45 heavy (non-hydrogen) atoms. The average Bonchev–Trinajstić information content (AvgIpc) is 3.10. The van der Waals surface area contributed by atoms with Gasteiger partial charge in [-0.05, 0) is 48.5 Å². The van der Waals surface area contributed by atoms with E-state index in [1.54, 1.807) is 121 Å². The van der Waals surface area contributed by atoms with Crippen LogP contribution in [-0.2, 0) is 28.4 Å². The largest absolute Gasteiger partial charge is 0.459 e. The topological polar surface area (TPSA) is 124 Å². The second kappa shape index (κ2) is 14.9. The molecule has 1 aliphatic rings. The van der Waals surface area contributed by atoms with Crippen LogP contribution in [0.4, 0.5) is 0 Å². The first-order valence-electron chi connectivity index (χ1n) is 14.1. The second-order valence-electron chi connectivity index (χ2n) is 9.95. The number of benzene rings is 4. The van der Waals surface area contributed by atoms with Crippen LogP contribution in [-0.4, -0.2) is 68.3 Å². The van der Waals surface area contributed by atoms with Crippen LogP contribution in [0.3, 0.4) is 0 Å². The van der Waals surface area contributed by atoms with Crippen molar-refractivity contribution >= 4 is 23.9 Å². The predicted octanol–water partition coefficient (Wildman–Crippen LogP) is 4.89. The minimum absolute atomic E-state index is 0.200. The van der Waals surface area contributed by atoms with Gasteiger partial charge in [0.25, 0.3) is 0 Å². The summed E-state index contributed by atoms with van der Waals surface area (Å²) in [7, 11) is 1.31. The van der Waals surface area contributed by atoms with Crippen LogP contribution in [0.5, 0.6) is 0 Å². The molecule has 0 bridgehead atoms. The lowest BCUT2D eigenvalue weighted by Gasteiger charge is -2.44. The van der Waals surface area contributed by atoms with Crippen molar-refractivity contribution in [2.75, 3.05) is 13.7 Å². The number of carbonyl (C=O) groups excluding carboxylic acids is 4. The van der Waals surface area contributed by atoms with E-state index in [2.05, 4.69) is 0 Å². The molecule has 0 saturated carbocycles. The maximum Gasteiger partial charge on any atom is 0.338 e. The molecule has 4 aromatic rings. The number of rotatable bonds is 10. The van der Waals surface area contributed by atoms with Crippen molar-refractivity contribution in [1.82, 2.24) is 0 Å². The van der Waals surface area contributed by atoms with E-state index in [1.165, 1.54) is 7.11 Å². The number of methoxy groups -OCH3 is 1. The Balaban J connectivity index is 1.50. The molecule has 5 atom stereocenters. The molecule has 0 unspecified atom stereocenters. The van der Waals surface area contributed by atoms with Crippen LogP contribution in [0, 0.1) is 0 Å². The third-order valence-corrected chi connectivity index (χ3v) is 6.97. The molecule has 5 rings (SSSR count). The molecule has 0 radical (unpaired) electrons. The summed E-state index contributed by atoms with van der Waals surface area (Å²) in [6.07, 6.45) is -6.76. The highest BCUT2D eigenvalue weighted by atomic mass is 16.7. The molecule has 10 nitrogen and oxygen atoms in total. The molecule has 1 saturated heterocycles. The van der Waals surface area contributed by atoms with E-state index in [0.29, 0.717) is 0 Å². The fraction of sp³-hybridized carbons (Fsp3) is 0.200. The number of ether oxygens (including phenoxy) is 6. The fourth-order valence-corrected chi connectivity index (χ4v) is 4.72. The van der Waals surface area contributed by atoms with Crippen LogP contribution >= 0.6 is 0 Å². The number of esters is 4. The molecular weight excluding hydrogens is 580 g/mol. The second-order valence-corrected chi connectivity index (χ2v) is 9.95. The highest BCUT2D eigenvalue weighted by molar-refractivity contribution is 5.91. The summed E-state index contributed by atoms with van der Waals surface area (Å²) in [4.78, 5) is 52.8. The van der Waals surface area contributed by atoms with Gasteiger partial charge in [0.1, 0.15) is 12.7 Å². The highest BCUT2D eigenvalue weighted by Gasteiger charge is 2.53. The SMILES string of the molecule is CO[C@@H]1O[C@H](COC(=O)c2ccccc2)[C@@H](OC(=O)c2ccccc2)[C@@H](OC(=O)c2ccccc2)[C@H]1OC(=O)c1ccccc1. The summed E-state index contributed by atoms with van der Waals surface area (Å²) >= 11 is 0. The Labute approximate surface area is 259 Å². The molecule has 0 aliphatic carbocycles. The smallest absolute Gasteiger partial charge is 0.338 e. The van der Waals surface area contributed by atoms with Crippen molar-refractivity contribution in [1.29, 1.82) is 0 Å². The van der Waals surface area contributed by atoms with E-state index < -0.39 is 61.2 Å². The van der Waals surface area contributed by atoms with Crippen molar-refractivity contribution in [2.45, 2.75) is 30.7 Å². The number of hydrogen-bond acceptors (Lipinski definition) is 10. The molecule has 10 heteroatoms. The van der Waals surface area contributed by atoms with Gasteiger partial charge in [0.05, 0.1) is 22.3 Å². The minimum atomic E-state index is -1.45. The summed E-state index contributed by atoms with van der Waals surface area (Å²) in [5.41, 5.74) is 0.914. The van der Waals surface area contributed by atoms with Gasteiger partial charge in [-0.2, -0.15) is 0 Å². The quantitative estimate of drug-likeness (QED) is 0.181. The van der Waals surface area contributed by atoms with Crippen LogP contribution in [0.25, 0.3) is 0 Å². The summed E-state index contributed by atoms with van der Waals surface area (Å²) in [5.74, 6) is -2.96. The standard InChI is InChI=1S/C35H30O10/c1-40-35-30(45-34(39)26-20-12-5-13-21-26)29(44-33(38)25-18-10-4-11-19-25)28(43-32(37)24-16-8-3-9-17-24)27(42-35)22-41-31(36)23-14-6-2-7-15-23/h2-21,27-30,35H,22H2,1H3/t27-,28-,29-,30-,35-/m1/s1. The van der Waals surface area contributed by atoms with Gasteiger partial charge in [-0.15, -0.1) is 0 Å². The van der Waals surface area contributed by atoms with Gasteiger partial charge in [-0.1, -0.05) is 72.8 Å². The molecule has 0 amide bonds. The Kier molecular flexibility index (Phi) is 10.3. The van der Waals surface area contributed by atoms with Crippen molar-refractivity contribution < 1.29 is 47.6 Å². The molecule has 0 spiro atoms. The van der Waals surface area contributed by atoms with Gasteiger partial charge in [0.15, 0.2) is 24.6 Å². The van der Waals surface area contributed by atoms with Crippen molar-refractivity contribution in [2.24, 2.45) is 0 Å². The van der Waals surface area contributed by atoms with Crippen LogP contribution in [0.15, 0.2) is 121 Å². The Hall–Kier alpha value is -5.32. The monoisotopic (exact) mass is 610 g/mol. The molecule has 0 aromatic heterocycles. The normalized spacial score (nSPS) is 20.8. The first-order valence-corrected chi connectivity index (χ1v) is 14.1. The van der Waals surface area contributed by atoms with E-state index >= 15 is 0 Å². The maximum atomic E-state index is 13.4. The molecule has 4 aromatic carbocycles. The fourth-order valence-electron chi connectivity index (χ4n) is 4.72. The lowest BCUT2D eigenvalue weighted by Crippen LogP contribution is -2.63. The highest BCUT2D eigenvalue weighted by Crippen LogP contribution is 2.31. The number of hydrogen-bond donors (Lipinski definition) is 0. The molecule has 1 aliphatic heterocycles. The van der Waals surface area contributed by atoms with Gasteiger partial charge < -0.3 is 28.4 Å². The summed E-state index contributed by atoms with van der Waals surface area (Å²) in [6, 6.07) is 32.7. The molecule has 1 fully saturated rings. The lowest BCUT2D eigenvalue weighted by atomic mass is 9.97. The van der Waals surface area contributed by atoms with Gasteiger partial charge in [-0.3, -0.25) is 0 Å². The average molecular weight is 611 g/mol. The first kappa shape index (κ1) is 31.1. The number of carbonyl (C=O) groups is 4. The Morgan fingerprint density at radius 1 is 0.511 bits per heavy atom. The van der Waals surface area contributed by atoms with Gasteiger partial charge >= 0.3 is 23.9 Å². The maximum absolute atomic E-state index is 13.4. The Bertz CT molecular complexity index is 1580. The summed E-state index contributed by atoms with van der Waals surface area (Å²) < 4.78 is 34.9. The molecule has 0 N–H and O–H groups in total. The van der Waals surface area contributed by atoms with E-state index in [0.717, 1.165) is 0 Å². The van der Waals surface area contributed by atoms with E-state index in [9.17, 15) is 19.2 Å². The summed E-state index contributed by atoms with van der Waals surface area (Å²) in [5, 5.41) is 0. The zero-order chi connectivity index (χ0) is 31.6. The van der Waals surface area contributed by atoms with Crippen LogP contribution in [0.1, 0.15) is 41.4 Å². The van der Waals surface area contributed by atoms with Gasteiger partial charge in [0, 0.05) is 7.11 Å². The Morgan fingerprint density at radius 2 is 0.867 bits per heavy atom. The first-order chi connectivity index (χ1) is 21.9. The summed E-state index contributed by atoms with van der Waals surface area (Å²) in [6.45, 7) is -0.418. The van der Waals surface area contributed by atoms with E-state index in [1.807, 2.05) is 0 Å². The minimum Gasteiger partial charge on any atom is -0.459 e. The van der Waals surface area contributed by atoms with Crippen LogP contribution in [0.2, 0.25) is 0 Å². The molecule has 1 heterocycles. The van der Waals surface area contributed by atoms with E-state index in [4.69, 9.17) is 28.4 Å². The predicted molar refractivity (Wildman–Crippen MR) is 159 cm³/mol.